The van der Waals surface area contributed by atoms with E-state index in [1.54, 1.807) is 18.3 Å². The molecule has 1 atom stereocenters. The van der Waals surface area contributed by atoms with Crippen molar-refractivity contribution in [3.63, 3.8) is 0 Å². The van der Waals surface area contributed by atoms with Crippen LogP contribution in [0.1, 0.15) is 34.5 Å². The summed E-state index contributed by atoms with van der Waals surface area (Å²) in [6, 6.07) is 21.5. The zero-order valence-electron chi connectivity index (χ0n) is 18.7. The first-order valence-electron chi connectivity index (χ1n) is 11.1. The molecule has 1 amide bonds. The van der Waals surface area contributed by atoms with Gasteiger partial charge < -0.3 is 15.0 Å². The third-order valence-electron chi connectivity index (χ3n) is 5.78. The van der Waals surface area contributed by atoms with Gasteiger partial charge in [0, 0.05) is 50.7 Å². The lowest BCUT2D eigenvalue weighted by Crippen LogP contribution is -2.43. The number of hydrogen-bond acceptors (Lipinski definition) is 5. The predicted molar refractivity (Wildman–Crippen MR) is 127 cm³/mol. The topological polar surface area (TPSA) is 57.7 Å². The second kappa shape index (κ2) is 10.4. The molecule has 1 fully saturated rings. The standard InChI is InChI=1S/C26H30N4O2/c1-20(22-6-4-3-5-7-22)32-25-13-10-23(18-27-25)26(31)28-24-11-8-21(9-12-24)19-30-16-14-29(2)15-17-30/h3-13,18,20H,14-17,19H2,1-2H3,(H,28,31)/t20-/m1/s1. The molecule has 32 heavy (non-hydrogen) atoms. The van der Waals surface area contributed by atoms with E-state index in [0.717, 1.165) is 44.0 Å². The van der Waals surface area contributed by atoms with Crippen molar-refractivity contribution in [2.75, 3.05) is 38.5 Å². The highest BCUT2D eigenvalue weighted by molar-refractivity contribution is 6.04. The third-order valence-corrected chi connectivity index (χ3v) is 5.78. The molecule has 1 aromatic heterocycles. The summed E-state index contributed by atoms with van der Waals surface area (Å²) in [5.41, 5.74) is 3.59. The minimum absolute atomic E-state index is 0.118. The number of hydrogen-bond donors (Lipinski definition) is 1. The summed E-state index contributed by atoms with van der Waals surface area (Å²) in [5.74, 6) is 0.304. The molecule has 0 bridgehead atoms. The van der Waals surface area contributed by atoms with Crippen LogP contribution in [0.2, 0.25) is 0 Å². The quantitative estimate of drug-likeness (QED) is 0.608. The van der Waals surface area contributed by atoms with E-state index in [1.165, 1.54) is 5.56 Å². The Balaban J connectivity index is 1.29. The molecule has 1 aliphatic heterocycles. The normalized spacial score (nSPS) is 15.8. The molecule has 0 aliphatic carbocycles. The minimum atomic E-state index is -0.188. The Hall–Kier alpha value is -3.22. The average molecular weight is 431 g/mol. The van der Waals surface area contributed by atoms with E-state index in [4.69, 9.17) is 4.74 Å². The van der Waals surface area contributed by atoms with Crippen molar-refractivity contribution in [1.82, 2.24) is 14.8 Å². The molecule has 1 N–H and O–H groups in total. The van der Waals surface area contributed by atoms with Crippen molar-refractivity contribution in [3.05, 3.63) is 89.6 Å². The Morgan fingerprint density at radius 3 is 2.38 bits per heavy atom. The van der Waals surface area contributed by atoms with Gasteiger partial charge in [-0.2, -0.15) is 0 Å². The Labute approximate surface area is 189 Å². The first-order valence-corrected chi connectivity index (χ1v) is 11.1. The van der Waals surface area contributed by atoms with Crippen LogP contribution in [0.5, 0.6) is 5.88 Å². The number of aromatic nitrogens is 1. The van der Waals surface area contributed by atoms with Crippen molar-refractivity contribution < 1.29 is 9.53 Å². The monoisotopic (exact) mass is 430 g/mol. The molecule has 6 nitrogen and oxygen atoms in total. The van der Waals surface area contributed by atoms with Crippen molar-refractivity contribution in [2.45, 2.75) is 19.6 Å². The lowest BCUT2D eigenvalue weighted by atomic mass is 10.1. The fraction of sp³-hybridized carbons (Fsp3) is 0.308. The van der Waals surface area contributed by atoms with Gasteiger partial charge in [-0.3, -0.25) is 9.69 Å². The number of rotatable bonds is 7. The van der Waals surface area contributed by atoms with Crippen LogP contribution >= 0.6 is 0 Å². The molecule has 0 radical (unpaired) electrons. The predicted octanol–water partition coefficient (Wildman–Crippen LogP) is 4.22. The van der Waals surface area contributed by atoms with Crippen molar-refractivity contribution in [3.8, 4) is 5.88 Å². The maximum absolute atomic E-state index is 12.6. The molecule has 0 saturated carbocycles. The lowest BCUT2D eigenvalue weighted by Gasteiger charge is -2.32. The second-order valence-electron chi connectivity index (χ2n) is 8.29. The van der Waals surface area contributed by atoms with E-state index in [9.17, 15) is 4.79 Å². The number of likely N-dealkylation sites (N-methyl/N-ethyl adjacent to an activating group) is 1. The summed E-state index contributed by atoms with van der Waals surface area (Å²) >= 11 is 0. The van der Waals surface area contributed by atoms with Crippen LogP contribution in [-0.4, -0.2) is 53.9 Å². The van der Waals surface area contributed by atoms with Crippen molar-refractivity contribution in [1.29, 1.82) is 0 Å². The number of carbonyl (C=O) groups is 1. The molecule has 2 aromatic carbocycles. The largest absolute Gasteiger partial charge is 0.470 e. The molecule has 1 saturated heterocycles. The van der Waals surface area contributed by atoms with E-state index in [0.29, 0.717) is 11.4 Å². The Morgan fingerprint density at radius 2 is 1.72 bits per heavy atom. The molecule has 166 valence electrons. The van der Waals surface area contributed by atoms with Crippen LogP contribution in [0.4, 0.5) is 5.69 Å². The van der Waals surface area contributed by atoms with Crippen LogP contribution in [0.3, 0.4) is 0 Å². The number of pyridine rings is 1. The third kappa shape index (κ3) is 5.93. The number of nitrogens with zero attached hydrogens (tertiary/aromatic N) is 3. The van der Waals surface area contributed by atoms with E-state index >= 15 is 0 Å². The van der Waals surface area contributed by atoms with E-state index in [2.05, 4.69) is 39.3 Å². The molecule has 0 unspecified atom stereocenters. The van der Waals surface area contributed by atoms with Crippen LogP contribution in [0.25, 0.3) is 0 Å². The number of carbonyl (C=O) groups excluding carboxylic acids is 1. The number of piperazine rings is 1. The van der Waals surface area contributed by atoms with Gasteiger partial charge in [-0.25, -0.2) is 4.98 Å². The molecule has 1 aliphatic rings. The summed E-state index contributed by atoms with van der Waals surface area (Å²) in [7, 11) is 2.16. The van der Waals surface area contributed by atoms with Gasteiger partial charge in [-0.1, -0.05) is 42.5 Å². The summed E-state index contributed by atoms with van der Waals surface area (Å²) in [5, 5.41) is 2.94. The fourth-order valence-electron chi connectivity index (χ4n) is 3.72. The minimum Gasteiger partial charge on any atom is -0.470 e. The first kappa shape index (κ1) is 22.0. The number of ether oxygens (including phenoxy) is 1. The van der Waals surface area contributed by atoms with E-state index in [-0.39, 0.29) is 12.0 Å². The highest BCUT2D eigenvalue weighted by Crippen LogP contribution is 2.20. The maximum Gasteiger partial charge on any atom is 0.257 e. The molecular formula is C26H30N4O2. The van der Waals surface area contributed by atoms with Crippen LogP contribution in [0, 0.1) is 0 Å². The zero-order valence-corrected chi connectivity index (χ0v) is 18.7. The van der Waals surface area contributed by atoms with E-state index in [1.807, 2.05) is 49.4 Å². The SMILES string of the molecule is C[C@@H](Oc1ccc(C(=O)Nc2ccc(CN3CCN(C)CC3)cc2)cn1)c1ccccc1. The van der Waals surface area contributed by atoms with Crippen molar-refractivity contribution >= 4 is 11.6 Å². The zero-order chi connectivity index (χ0) is 22.3. The maximum atomic E-state index is 12.6. The van der Waals surface area contributed by atoms with Gasteiger partial charge in [0.1, 0.15) is 6.10 Å². The van der Waals surface area contributed by atoms with Gasteiger partial charge in [-0.05, 0) is 43.3 Å². The number of anilines is 1. The van der Waals surface area contributed by atoms with Gasteiger partial charge in [0.05, 0.1) is 5.56 Å². The summed E-state index contributed by atoms with van der Waals surface area (Å²) in [4.78, 5) is 21.7. The highest BCUT2D eigenvalue weighted by Gasteiger charge is 2.14. The number of amides is 1. The van der Waals surface area contributed by atoms with Crippen LogP contribution < -0.4 is 10.1 Å². The van der Waals surface area contributed by atoms with E-state index < -0.39 is 0 Å². The van der Waals surface area contributed by atoms with Gasteiger partial charge >= 0.3 is 0 Å². The van der Waals surface area contributed by atoms with Crippen LogP contribution in [0.15, 0.2) is 72.9 Å². The Kier molecular flexibility index (Phi) is 7.14. The fourth-order valence-corrected chi connectivity index (χ4v) is 3.72. The van der Waals surface area contributed by atoms with Crippen LogP contribution in [-0.2, 0) is 6.54 Å². The highest BCUT2D eigenvalue weighted by atomic mass is 16.5. The number of benzene rings is 2. The molecule has 6 heteroatoms. The molecule has 0 spiro atoms. The summed E-state index contributed by atoms with van der Waals surface area (Å²) in [6.45, 7) is 7.31. The smallest absolute Gasteiger partial charge is 0.257 e. The van der Waals surface area contributed by atoms with Crippen molar-refractivity contribution in [2.24, 2.45) is 0 Å². The Morgan fingerprint density at radius 1 is 1.00 bits per heavy atom. The van der Waals surface area contributed by atoms with Gasteiger partial charge in [-0.15, -0.1) is 0 Å². The average Bonchev–Trinajstić information content (AvgIpc) is 2.83. The molecule has 4 rings (SSSR count). The first-order chi connectivity index (χ1) is 15.6. The molecular weight excluding hydrogens is 400 g/mol. The molecule has 2 heterocycles. The van der Waals surface area contributed by atoms with Gasteiger partial charge in [0.25, 0.3) is 5.91 Å². The lowest BCUT2D eigenvalue weighted by molar-refractivity contribution is 0.102. The second-order valence-corrected chi connectivity index (χ2v) is 8.29. The molecule has 3 aromatic rings. The number of nitrogens with one attached hydrogen (secondary N) is 1. The summed E-state index contributed by atoms with van der Waals surface area (Å²) in [6.07, 6.45) is 1.43. The summed E-state index contributed by atoms with van der Waals surface area (Å²) < 4.78 is 5.89. The Bertz CT molecular complexity index is 998. The van der Waals surface area contributed by atoms with Gasteiger partial charge in [0.15, 0.2) is 0 Å². The van der Waals surface area contributed by atoms with Gasteiger partial charge in [0.2, 0.25) is 5.88 Å².